The van der Waals surface area contributed by atoms with Gasteiger partial charge in [-0.3, -0.25) is 0 Å². The van der Waals surface area contributed by atoms with Crippen molar-refractivity contribution in [3.8, 4) is 0 Å². The van der Waals surface area contributed by atoms with Crippen LogP contribution in [0.5, 0.6) is 0 Å². The number of thiazole rings is 1. The maximum atomic E-state index is 13.0. The summed E-state index contributed by atoms with van der Waals surface area (Å²) in [6.07, 6.45) is 2.53. The van der Waals surface area contributed by atoms with Crippen LogP contribution in [0.4, 0.5) is 0 Å². The van der Waals surface area contributed by atoms with Gasteiger partial charge in [-0.15, -0.1) is 11.3 Å². The number of ether oxygens (including phenoxy) is 1. The minimum Gasteiger partial charge on any atom is -0.372 e. The minimum absolute atomic E-state index is 0.0883. The van der Waals surface area contributed by atoms with E-state index in [0.29, 0.717) is 11.3 Å². The van der Waals surface area contributed by atoms with Crippen LogP contribution in [-0.4, -0.2) is 35.7 Å². The van der Waals surface area contributed by atoms with Crippen LogP contribution >= 0.6 is 11.3 Å². The van der Waals surface area contributed by atoms with Crippen molar-refractivity contribution in [3.63, 3.8) is 0 Å². The number of methoxy groups -OCH3 is 1. The zero-order chi connectivity index (χ0) is 17.3. The summed E-state index contributed by atoms with van der Waals surface area (Å²) in [5.74, 6) is 0.347. The highest BCUT2D eigenvalue weighted by Gasteiger charge is 2.36. The number of nitrogens with zero attached hydrogens (tertiary/aromatic N) is 3. The molecule has 0 aliphatic heterocycles. The van der Waals surface area contributed by atoms with Crippen LogP contribution in [0, 0.1) is 6.92 Å². The average Bonchev–Trinajstić information content (AvgIpc) is 3.02. The van der Waals surface area contributed by atoms with Gasteiger partial charge >= 0.3 is 0 Å². The Hall–Kier alpha value is -1.90. The molecule has 6 nitrogen and oxygen atoms in total. The predicted octanol–water partition coefficient (Wildman–Crippen LogP) is 2.94. The quantitative estimate of drug-likeness (QED) is 0.693. The molecule has 0 amide bonds. The minimum atomic E-state index is -3.67. The van der Waals surface area contributed by atoms with Gasteiger partial charge in [-0.1, -0.05) is 12.1 Å². The van der Waals surface area contributed by atoms with Crippen molar-refractivity contribution in [1.82, 2.24) is 15.0 Å². The van der Waals surface area contributed by atoms with Crippen LogP contribution in [0.2, 0.25) is 0 Å². The van der Waals surface area contributed by atoms with Gasteiger partial charge in [0, 0.05) is 19.5 Å². The monoisotopic (exact) mass is 363 g/mol. The lowest BCUT2D eigenvalue weighted by Crippen LogP contribution is -2.28. The molecule has 2 aromatic heterocycles. The fourth-order valence-electron chi connectivity index (χ4n) is 2.35. The summed E-state index contributed by atoms with van der Waals surface area (Å²) in [6, 6.07) is 7.35. The first-order valence-electron chi connectivity index (χ1n) is 7.34. The van der Waals surface area contributed by atoms with Gasteiger partial charge in [-0.05, 0) is 31.5 Å². The highest BCUT2D eigenvalue weighted by atomic mass is 32.2. The molecule has 0 aliphatic rings. The predicted molar refractivity (Wildman–Crippen MR) is 92.8 cm³/mol. The van der Waals surface area contributed by atoms with E-state index in [1.54, 1.807) is 25.4 Å². The summed E-state index contributed by atoms with van der Waals surface area (Å²) in [5, 5.41) is -0.856. The van der Waals surface area contributed by atoms with E-state index in [2.05, 4.69) is 15.0 Å². The van der Waals surface area contributed by atoms with Gasteiger partial charge in [-0.2, -0.15) is 0 Å². The third-order valence-corrected chi connectivity index (χ3v) is 7.32. The average molecular weight is 363 g/mol. The van der Waals surface area contributed by atoms with E-state index >= 15 is 0 Å². The summed E-state index contributed by atoms with van der Waals surface area (Å²) in [4.78, 5) is 12.7. The van der Waals surface area contributed by atoms with E-state index in [1.165, 1.54) is 7.11 Å². The molecule has 126 valence electrons. The molecule has 0 aliphatic carbocycles. The Labute approximate surface area is 144 Å². The third kappa shape index (κ3) is 3.04. The normalized spacial score (nSPS) is 14.6. The second-order valence-electron chi connectivity index (χ2n) is 5.47. The number of hydrogen-bond acceptors (Lipinski definition) is 7. The lowest BCUT2D eigenvalue weighted by Gasteiger charge is -2.20. The molecule has 3 aromatic rings. The Balaban J connectivity index is 1.99. The molecule has 0 N–H and O–H groups in total. The zero-order valence-electron chi connectivity index (χ0n) is 13.5. The molecule has 0 radical (unpaired) electrons. The van der Waals surface area contributed by atoms with Crippen molar-refractivity contribution in [2.24, 2.45) is 0 Å². The summed E-state index contributed by atoms with van der Waals surface area (Å²) in [7, 11) is -2.21. The Morgan fingerprint density at radius 1 is 1.17 bits per heavy atom. The van der Waals surface area contributed by atoms with Gasteiger partial charge in [-0.25, -0.2) is 23.4 Å². The fraction of sp³-hybridized carbons (Fsp3) is 0.312. The molecule has 0 saturated heterocycles. The van der Waals surface area contributed by atoms with E-state index in [-0.39, 0.29) is 4.34 Å². The summed E-state index contributed by atoms with van der Waals surface area (Å²) in [5.41, 5.74) is 1.57. The smallest absolute Gasteiger partial charge is 0.210 e. The van der Waals surface area contributed by atoms with Gasteiger partial charge in [0.15, 0.2) is 5.82 Å². The molecule has 0 spiro atoms. The van der Waals surface area contributed by atoms with Crippen molar-refractivity contribution in [2.75, 3.05) is 7.11 Å². The van der Waals surface area contributed by atoms with Crippen LogP contribution in [0.1, 0.15) is 24.4 Å². The first kappa shape index (κ1) is 16.9. The van der Waals surface area contributed by atoms with Gasteiger partial charge in [0.2, 0.25) is 14.2 Å². The number of aryl methyl sites for hydroxylation is 1. The molecule has 8 heteroatoms. The standard InChI is InChI=1S/C16H17N3O3S2/c1-10-8-17-15(18-9-10)14(22-3)11(2)24(20,21)16-19-12-6-4-5-7-13(12)23-16/h4-9,11,14H,1-3H3/t11-,14-/m0/s1. The molecule has 2 atom stereocenters. The molecule has 1 aromatic carbocycles. The summed E-state index contributed by atoms with van der Waals surface area (Å²) >= 11 is 1.16. The van der Waals surface area contributed by atoms with Gasteiger partial charge in [0.25, 0.3) is 0 Å². The topological polar surface area (TPSA) is 82.0 Å². The van der Waals surface area contributed by atoms with Crippen molar-refractivity contribution in [1.29, 1.82) is 0 Å². The first-order valence-corrected chi connectivity index (χ1v) is 9.70. The molecule has 24 heavy (non-hydrogen) atoms. The maximum absolute atomic E-state index is 13.0. The number of hydrogen-bond donors (Lipinski definition) is 0. The molecule has 0 fully saturated rings. The number of fused-ring (bicyclic) bond motifs is 1. The summed E-state index contributed by atoms with van der Waals surface area (Å²) < 4.78 is 32.2. The molecule has 0 bridgehead atoms. The first-order chi connectivity index (χ1) is 11.4. The SMILES string of the molecule is CO[C@H](c1ncc(C)cn1)[C@H](C)S(=O)(=O)c1nc2ccccc2s1. The Morgan fingerprint density at radius 2 is 1.83 bits per heavy atom. The molecule has 0 saturated carbocycles. The number of sulfone groups is 1. The second kappa shape index (κ2) is 6.54. The molecule has 3 rings (SSSR count). The lowest BCUT2D eigenvalue weighted by atomic mass is 10.2. The van der Waals surface area contributed by atoms with E-state index < -0.39 is 21.2 Å². The van der Waals surface area contributed by atoms with Gasteiger partial charge in [0.1, 0.15) is 6.10 Å². The van der Waals surface area contributed by atoms with Crippen LogP contribution in [0.15, 0.2) is 41.0 Å². The molecular formula is C16H17N3O3S2. The van der Waals surface area contributed by atoms with E-state index in [1.807, 2.05) is 25.1 Å². The van der Waals surface area contributed by atoms with Crippen molar-refractivity contribution >= 4 is 31.4 Å². The highest BCUT2D eigenvalue weighted by molar-refractivity contribution is 7.94. The molecule has 2 heterocycles. The van der Waals surface area contributed by atoms with E-state index in [0.717, 1.165) is 21.6 Å². The molecule has 0 unspecified atom stereocenters. The lowest BCUT2D eigenvalue weighted by molar-refractivity contribution is 0.0948. The largest absolute Gasteiger partial charge is 0.372 e. The van der Waals surface area contributed by atoms with Crippen molar-refractivity contribution in [2.45, 2.75) is 29.5 Å². The van der Waals surface area contributed by atoms with Crippen LogP contribution in [0.25, 0.3) is 10.2 Å². The Kier molecular flexibility index (Phi) is 4.62. The number of benzene rings is 1. The van der Waals surface area contributed by atoms with Crippen LogP contribution < -0.4 is 0 Å². The van der Waals surface area contributed by atoms with Crippen molar-refractivity contribution in [3.05, 3.63) is 48.0 Å². The van der Waals surface area contributed by atoms with Crippen LogP contribution in [0.3, 0.4) is 0 Å². The fourth-order valence-corrected chi connectivity index (χ4v) is 5.34. The highest BCUT2D eigenvalue weighted by Crippen LogP contribution is 2.32. The van der Waals surface area contributed by atoms with E-state index in [9.17, 15) is 8.42 Å². The third-order valence-electron chi connectivity index (χ3n) is 3.74. The number of aromatic nitrogens is 3. The van der Waals surface area contributed by atoms with Crippen molar-refractivity contribution < 1.29 is 13.2 Å². The van der Waals surface area contributed by atoms with Gasteiger partial charge < -0.3 is 4.74 Å². The maximum Gasteiger partial charge on any atom is 0.210 e. The van der Waals surface area contributed by atoms with E-state index in [4.69, 9.17) is 4.74 Å². The number of rotatable bonds is 5. The zero-order valence-corrected chi connectivity index (χ0v) is 15.1. The number of para-hydroxylation sites is 1. The molecular weight excluding hydrogens is 346 g/mol. The van der Waals surface area contributed by atoms with Gasteiger partial charge in [0.05, 0.1) is 15.5 Å². The second-order valence-corrected chi connectivity index (χ2v) is 8.98. The van der Waals surface area contributed by atoms with Crippen LogP contribution in [-0.2, 0) is 14.6 Å². The Morgan fingerprint density at radius 3 is 2.46 bits per heavy atom. The summed E-state index contributed by atoms with van der Waals surface area (Å²) in [6.45, 7) is 3.46. The Bertz CT molecular complexity index is 919.